The molecule has 27 heavy (non-hydrogen) atoms. The van der Waals surface area contributed by atoms with E-state index in [1.54, 1.807) is 4.90 Å². The van der Waals surface area contributed by atoms with Gasteiger partial charge in [0.25, 0.3) is 0 Å². The Labute approximate surface area is 166 Å². The predicted octanol–water partition coefficient (Wildman–Crippen LogP) is 5.75. The number of amides is 1. The summed E-state index contributed by atoms with van der Waals surface area (Å²) in [7, 11) is 0. The Bertz CT molecular complexity index is 487. The second kappa shape index (κ2) is 20.4. The van der Waals surface area contributed by atoms with Gasteiger partial charge in [0.05, 0.1) is 6.61 Å². The van der Waals surface area contributed by atoms with E-state index in [1.807, 2.05) is 6.92 Å². The summed E-state index contributed by atoms with van der Waals surface area (Å²) in [6.45, 7) is 5.24. The van der Waals surface area contributed by atoms with Gasteiger partial charge >= 0.3 is 0 Å². The molecule has 0 saturated carbocycles. The lowest BCUT2D eigenvalue weighted by atomic mass is 10.2. The van der Waals surface area contributed by atoms with Crippen molar-refractivity contribution in [3.05, 3.63) is 60.8 Å². The number of hydrogen-bond donors (Lipinski definition) is 1. The molecule has 1 N–H and O–H groups in total. The van der Waals surface area contributed by atoms with Gasteiger partial charge in [0.1, 0.15) is 0 Å². The molecule has 0 radical (unpaired) electrons. The van der Waals surface area contributed by atoms with E-state index in [2.05, 4.69) is 67.7 Å². The van der Waals surface area contributed by atoms with E-state index in [0.29, 0.717) is 19.5 Å². The first-order chi connectivity index (χ1) is 13.3. The average Bonchev–Trinajstić information content (AvgIpc) is 2.68. The van der Waals surface area contributed by atoms with Gasteiger partial charge in [-0.15, -0.1) is 0 Å². The maximum absolute atomic E-state index is 11.9. The zero-order chi connectivity index (χ0) is 20.0. The Kier molecular flexibility index (Phi) is 19.0. The molecule has 0 rings (SSSR count). The van der Waals surface area contributed by atoms with Gasteiger partial charge < -0.3 is 10.0 Å². The summed E-state index contributed by atoms with van der Waals surface area (Å²) in [4.78, 5) is 13.6. The molecule has 0 atom stereocenters. The van der Waals surface area contributed by atoms with E-state index in [-0.39, 0.29) is 12.5 Å². The van der Waals surface area contributed by atoms with Gasteiger partial charge in [0, 0.05) is 19.5 Å². The molecule has 0 aromatic rings. The van der Waals surface area contributed by atoms with Crippen molar-refractivity contribution in [1.29, 1.82) is 0 Å². The van der Waals surface area contributed by atoms with Crippen LogP contribution in [0.2, 0.25) is 0 Å². The summed E-state index contributed by atoms with van der Waals surface area (Å²) < 4.78 is 0. The van der Waals surface area contributed by atoms with E-state index in [1.165, 1.54) is 0 Å². The number of aliphatic hydroxyl groups excluding tert-OH is 1. The van der Waals surface area contributed by atoms with Crippen molar-refractivity contribution in [2.24, 2.45) is 0 Å². The van der Waals surface area contributed by atoms with Crippen molar-refractivity contribution in [1.82, 2.24) is 4.90 Å². The number of carbonyl (C=O) groups excluding carboxylic acids is 1. The average molecular weight is 374 g/mol. The quantitative estimate of drug-likeness (QED) is 0.276. The van der Waals surface area contributed by atoms with E-state index in [9.17, 15) is 4.79 Å². The van der Waals surface area contributed by atoms with E-state index >= 15 is 0 Å². The van der Waals surface area contributed by atoms with Gasteiger partial charge in [-0.1, -0.05) is 67.7 Å². The minimum Gasteiger partial charge on any atom is -0.395 e. The van der Waals surface area contributed by atoms with Crippen LogP contribution in [-0.4, -0.2) is 35.6 Å². The smallest absolute Gasteiger partial charge is 0.222 e. The molecule has 3 nitrogen and oxygen atoms in total. The largest absolute Gasteiger partial charge is 0.395 e. The molecule has 0 aliphatic rings. The first-order valence-electron chi connectivity index (χ1n) is 10.4. The van der Waals surface area contributed by atoms with Crippen molar-refractivity contribution < 1.29 is 9.90 Å². The molecule has 0 fully saturated rings. The number of carbonyl (C=O) groups is 1. The number of rotatable bonds is 16. The normalized spacial score (nSPS) is 12.6. The van der Waals surface area contributed by atoms with Crippen molar-refractivity contribution in [3.8, 4) is 0 Å². The summed E-state index contributed by atoms with van der Waals surface area (Å²) in [5.74, 6) is 0.138. The van der Waals surface area contributed by atoms with Gasteiger partial charge in [-0.3, -0.25) is 4.79 Å². The second-order valence-electron chi connectivity index (χ2n) is 6.30. The molecule has 3 heteroatoms. The van der Waals surface area contributed by atoms with Crippen LogP contribution in [0.15, 0.2) is 60.8 Å². The lowest BCUT2D eigenvalue weighted by molar-refractivity contribution is -0.131. The fourth-order valence-electron chi connectivity index (χ4n) is 2.48. The molecule has 0 spiro atoms. The van der Waals surface area contributed by atoms with Crippen LogP contribution >= 0.6 is 0 Å². The maximum Gasteiger partial charge on any atom is 0.222 e. The SMILES string of the molecule is CCC=CCC=CCC=CCC=CCC=CCCCC(=O)N(CC)CCO. The molecule has 1 amide bonds. The fraction of sp³-hybridized carbons (Fsp3) is 0.542. The molecule has 0 heterocycles. The van der Waals surface area contributed by atoms with Crippen molar-refractivity contribution in [2.45, 2.75) is 65.2 Å². The van der Waals surface area contributed by atoms with Crippen LogP contribution in [-0.2, 0) is 4.79 Å². The second-order valence-corrected chi connectivity index (χ2v) is 6.30. The van der Waals surface area contributed by atoms with E-state index in [4.69, 9.17) is 5.11 Å². The number of allylic oxidation sites excluding steroid dienone is 10. The van der Waals surface area contributed by atoms with Crippen molar-refractivity contribution >= 4 is 5.91 Å². The highest BCUT2D eigenvalue weighted by Gasteiger charge is 2.09. The third-order valence-corrected chi connectivity index (χ3v) is 4.02. The minimum atomic E-state index is 0.0361. The topological polar surface area (TPSA) is 40.5 Å². The van der Waals surface area contributed by atoms with Crippen LogP contribution < -0.4 is 0 Å². The lowest BCUT2D eigenvalue weighted by Crippen LogP contribution is -2.33. The van der Waals surface area contributed by atoms with Crippen LogP contribution in [0.25, 0.3) is 0 Å². The van der Waals surface area contributed by atoms with E-state index in [0.717, 1.165) is 44.9 Å². The van der Waals surface area contributed by atoms with Crippen molar-refractivity contribution in [2.75, 3.05) is 19.7 Å². The first kappa shape index (κ1) is 25.1. The molecule has 0 unspecified atom stereocenters. The Hall–Kier alpha value is -1.87. The number of unbranched alkanes of at least 4 members (excludes halogenated alkanes) is 1. The Morgan fingerprint density at radius 1 is 0.778 bits per heavy atom. The Balaban J connectivity index is 3.64. The van der Waals surface area contributed by atoms with Gasteiger partial charge in [-0.25, -0.2) is 0 Å². The molecular formula is C24H39NO2. The van der Waals surface area contributed by atoms with Gasteiger partial charge in [-0.05, 0) is 51.9 Å². The number of aliphatic hydroxyl groups is 1. The molecule has 0 aliphatic carbocycles. The zero-order valence-electron chi connectivity index (χ0n) is 17.4. The summed E-state index contributed by atoms with van der Waals surface area (Å²) in [6.07, 6.45) is 29.3. The van der Waals surface area contributed by atoms with Gasteiger partial charge in [-0.2, -0.15) is 0 Å². The third-order valence-electron chi connectivity index (χ3n) is 4.02. The standard InChI is InChI=1S/C24H39NO2/c1-3-5-6-7-8-9-10-11-12-13-14-15-16-17-18-19-20-21-24(27)25(4-2)22-23-26/h5-6,8-9,11-12,14-15,17-18,26H,3-4,7,10,13,16,19-23H2,1-2H3. The van der Waals surface area contributed by atoms with Crippen LogP contribution in [0.4, 0.5) is 0 Å². The highest BCUT2D eigenvalue weighted by molar-refractivity contribution is 5.76. The fourth-order valence-corrected chi connectivity index (χ4v) is 2.48. The molecule has 0 saturated heterocycles. The van der Waals surface area contributed by atoms with Gasteiger partial charge in [0.2, 0.25) is 5.91 Å². The summed E-state index contributed by atoms with van der Waals surface area (Å²) in [5.41, 5.74) is 0. The summed E-state index contributed by atoms with van der Waals surface area (Å²) >= 11 is 0. The van der Waals surface area contributed by atoms with Crippen LogP contribution in [0, 0.1) is 0 Å². The lowest BCUT2D eigenvalue weighted by Gasteiger charge is -2.19. The molecule has 0 bridgehead atoms. The number of nitrogens with zero attached hydrogens (tertiary/aromatic N) is 1. The minimum absolute atomic E-state index is 0.0361. The molecular weight excluding hydrogens is 334 g/mol. The monoisotopic (exact) mass is 373 g/mol. The predicted molar refractivity (Wildman–Crippen MR) is 118 cm³/mol. The van der Waals surface area contributed by atoms with Crippen LogP contribution in [0.5, 0.6) is 0 Å². The van der Waals surface area contributed by atoms with Crippen LogP contribution in [0.1, 0.15) is 65.2 Å². The first-order valence-corrected chi connectivity index (χ1v) is 10.4. The Morgan fingerprint density at radius 3 is 1.70 bits per heavy atom. The van der Waals surface area contributed by atoms with E-state index < -0.39 is 0 Å². The highest BCUT2D eigenvalue weighted by Crippen LogP contribution is 2.03. The van der Waals surface area contributed by atoms with Crippen molar-refractivity contribution in [3.63, 3.8) is 0 Å². The molecule has 0 aromatic carbocycles. The maximum atomic E-state index is 11.9. The number of hydrogen-bond acceptors (Lipinski definition) is 2. The summed E-state index contributed by atoms with van der Waals surface area (Å²) in [6, 6.07) is 0. The molecule has 0 aliphatic heterocycles. The zero-order valence-corrected chi connectivity index (χ0v) is 17.4. The third kappa shape index (κ3) is 17.3. The number of likely N-dealkylation sites (N-methyl/N-ethyl adjacent to an activating group) is 1. The highest BCUT2D eigenvalue weighted by atomic mass is 16.3. The van der Waals surface area contributed by atoms with Gasteiger partial charge in [0.15, 0.2) is 0 Å². The molecule has 0 aromatic heterocycles. The molecule has 152 valence electrons. The Morgan fingerprint density at radius 2 is 1.26 bits per heavy atom. The van der Waals surface area contributed by atoms with Crippen LogP contribution in [0.3, 0.4) is 0 Å². The summed E-state index contributed by atoms with van der Waals surface area (Å²) in [5, 5.41) is 8.92.